The van der Waals surface area contributed by atoms with E-state index in [0.29, 0.717) is 13.1 Å². The molecule has 2 saturated heterocycles. The first-order chi connectivity index (χ1) is 28.1. The van der Waals surface area contributed by atoms with Crippen LogP contribution in [0.3, 0.4) is 0 Å². The van der Waals surface area contributed by atoms with E-state index in [-0.39, 0.29) is 35.7 Å². The van der Waals surface area contributed by atoms with E-state index in [4.69, 9.17) is 19.4 Å². The number of carbonyl (C=O) groups is 4. The van der Waals surface area contributed by atoms with E-state index in [9.17, 15) is 19.2 Å². The maximum atomic E-state index is 13.9. The predicted octanol–water partition coefficient (Wildman–Crippen LogP) is 7.00. The Kier molecular flexibility index (Phi) is 13.7. The van der Waals surface area contributed by atoms with Crippen LogP contribution in [0.25, 0.3) is 22.3 Å². The number of aromatic nitrogens is 4. The van der Waals surface area contributed by atoms with Crippen LogP contribution in [0.2, 0.25) is 0 Å². The van der Waals surface area contributed by atoms with Gasteiger partial charge >= 0.3 is 12.2 Å². The van der Waals surface area contributed by atoms with E-state index in [0.717, 1.165) is 96.4 Å². The molecule has 4 heterocycles. The molecule has 4 atom stereocenters. The largest absolute Gasteiger partial charge is 0.453 e. The number of imidazole rings is 2. The van der Waals surface area contributed by atoms with Crippen LogP contribution in [-0.4, -0.2) is 93.1 Å². The van der Waals surface area contributed by atoms with Gasteiger partial charge in [0.25, 0.3) is 0 Å². The van der Waals surface area contributed by atoms with Crippen LogP contribution in [0.4, 0.5) is 9.59 Å². The highest BCUT2D eigenvalue weighted by atomic mass is 16.5. The molecule has 14 nitrogen and oxygen atoms in total. The molecule has 0 radical (unpaired) electrons. The fourth-order valence-corrected chi connectivity index (χ4v) is 8.44. The summed E-state index contributed by atoms with van der Waals surface area (Å²) in [6, 6.07) is 12.0. The van der Waals surface area contributed by atoms with E-state index in [2.05, 4.69) is 32.4 Å². The molecule has 2 fully saturated rings. The third-order valence-corrected chi connectivity index (χ3v) is 11.8. The number of hydrogen-bond acceptors (Lipinski definition) is 8. The Morgan fingerprint density at radius 1 is 0.741 bits per heavy atom. The van der Waals surface area contributed by atoms with E-state index in [1.54, 1.807) is 6.20 Å². The highest BCUT2D eigenvalue weighted by Gasteiger charge is 2.40. The number of H-pyrrole nitrogens is 2. The predicted molar refractivity (Wildman–Crippen MR) is 220 cm³/mol. The lowest BCUT2D eigenvalue weighted by Gasteiger charge is -2.31. The molecule has 2 aromatic heterocycles. The molecule has 0 unspecified atom stereocenters. The smallest absolute Gasteiger partial charge is 0.407 e. The number of ether oxygens (including phenoxy) is 2. The van der Waals surface area contributed by atoms with Gasteiger partial charge in [-0.2, -0.15) is 0 Å². The number of hydrogen-bond donors (Lipinski definition) is 4. The van der Waals surface area contributed by atoms with E-state index >= 15 is 0 Å². The van der Waals surface area contributed by atoms with E-state index in [1.165, 1.54) is 14.2 Å². The van der Waals surface area contributed by atoms with E-state index in [1.807, 2.05) is 80.0 Å². The third kappa shape index (κ3) is 9.14. The van der Waals surface area contributed by atoms with Gasteiger partial charge < -0.3 is 39.9 Å². The number of rotatable bonds is 13. The molecule has 58 heavy (non-hydrogen) atoms. The minimum absolute atomic E-state index is 0.00747. The minimum Gasteiger partial charge on any atom is -0.453 e. The summed E-state index contributed by atoms with van der Waals surface area (Å²) < 4.78 is 9.68. The number of likely N-dealkylation sites (tertiary alicyclic amines) is 2. The van der Waals surface area contributed by atoms with Gasteiger partial charge in [0, 0.05) is 24.2 Å². The zero-order chi connectivity index (χ0) is 41.3. The van der Waals surface area contributed by atoms with Crippen molar-refractivity contribution in [3.63, 3.8) is 0 Å². The van der Waals surface area contributed by atoms with Crippen LogP contribution in [0.15, 0.2) is 48.7 Å². The molecule has 2 aliphatic heterocycles. The van der Waals surface area contributed by atoms with Gasteiger partial charge in [0.1, 0.15) is 23.7 Å². The topological polar surface area (TPSA) is 175 Å². The Labute approximate surface area is 340 Å². The second-order valence-corrected chi connectivity index (χ2v) is 15.1. The number of nitrogens with one attached hydrogen (secondary N) is 4. The van der Waals surface area contributed by atoms with Crippen LogP contribution < -0.4 is 10.6 Å². The zero-order valence-electron chi connectivity index (χ0n) is 34.4. The average Bonchev–Trinajstić information content (AvgIpc) is 4.09. The molecule has 308 valence electrons. The summed E-state index contributed by atoms with van der Waals surface area (Å²) in [5.41, 5.74) is 5.08. The van der Waals surface area contributed by atoms with Gasteiger partial charge in [-0.05, 0) is 73.4 Å². The van der Waals surface area contributed by atoms with Gasteiger partial charge in [-0.25, -0.2) is 19.6 Å². The van der Waals surface area contributed by atoms with Crippen molar-refractivity contribution in [3.8, 4) is 23.1 Å². The fourth-order valence-electron chi connectivity index (χ4n) is 8.44. The monoisotopic (exact) mass is 792 g/mol. The molecule has 0 aliphatic carbocycles. The van der Waals surface area contributed by atoms with Crippen molar-refractivity contribution in [2.75, 3.05) is 27.3 Å². The van der Waals surface area contributed by atoms with Crippen molar-refractivity contribution >= 4 is 35.0 Å². The second kappa shape index (κ2) is 19.1. The Hall–Kier alpha value is -5.84. The van der Waals surface area contributed by atoms with Gasteiger partial charge in [0.05, 0.1) is 49.2 Å². The number of amides is 4. The second-order valence-electron chi connectivity index (χ2n) is 15.1. The number of benzene rings is 2. The molecule has 6 rings (SSSR count). The summed E-state index contributed by atoms with van der Waals surface area (Å²) in [7, 11) is 2.61. The Balaban J connectivity index is 1.13. The zero-order valence-corrected chi connectivity index (χ0v) is 34.4. The number of methoxy groups -OCH3 is 2. The molecular weight excluding hydrogens is 737 g/mol. The van der Waals surface area contributed by atoms with Crippen molar-refractivity contribution in [1.82, 2.24) is 40.4 Å². The lowest BCUT2D eigenvalue weighted by atomic mass is 9.93. The SMILES string of the molecule is CCC(CC)[C@H](NC(=O)OC)C(=O)N1CCC[C@H]1c1ncc(-c2ccc(C#Cc3ccc4nc([C@@H]5CCCN5C(=O)[C@@H](NC(=O)OC)C(CC)CC)[nH]c4c3)cc2)[nH]1. The molecule has 0 bridgehead atoms. The average molecular weight is 793 g/mol. The summed E-state index contributed by atoms with van der Waals surface area (Å²) >= 11 is 0. The molecule has 2 aromatic carbocycles. The first kappa shape index (κ1) is 41.8. The number of fused-ring (bicyclic) bond motifs is 1. The third-order valence-electron chi connectivity index (χ3n) is 11.8. The van der Waals surface area contributed by atoms with Gasteiger partial charge in [-0.3, -0.25) is 9.59 Å². The number of alkyl carbamates (subject to hydrolysis) is 2. The van der Waals surface area contributed by atoms with E-state index < -0.39 is 24.3 Å². The quantitative estimate of drug-likeness (QED) is 0.105. The van der Waals surface area contributed by atoms with Crippen molar-refractivity contribution in [3.05, 3.63) is 71.4 Å². The molecule has 0 saturated carbocycles. The highest BCUT2D eigenvalue weighted by molar-refractivity contribution is 5.87. The normalized spacial score (nSPS) is 17.6. The first-order valence-corrected chi connectivity index (χ1v) is 20.6. The molecule has 14 heteroatoms. The first-order valence-electron chi connectivity index (χ1n) is 20.6. The van der Waals surface area contributed by atoms with Gasteiger partial charge in [0.15, 0.2) is 0 Å². The maximum Gasteiger partial charge on any atom is 0.407 e. The Morgan fingerprint density at radius 3 is 1.79 bits per heavy atom. The molecule has 2 aliphatic rings. The molecule has 4 amide bonds. The van der Waals surface area contributed by atoms with Crippen molar-refractivity contribution in [2.45, 2.75) is 103 Å². The van der Waals surface area contributed by atoms with Crippen molar-refractivity contribution < 1.29 is 28.7 Å². The van der Waals surface area contributed by atoms with Crippen LogP contribution >= 0.6 is 0 Å². The van der Waals surface area contributed by atoms with Gasteiger partial charge in [-0.15, -0.1) is 0 Å². The summed E-state index contributed by atoms with van der Waals surface area (Å²) in [6.07, 6.45) is 6.83. The van der Waals surface area contributed by atoms with Crippen LogP contribution in [0.5, 0.6) is 0 Å². The summed E-state index contributed by atoms with van der Waals surface area (Å²) in [4.78, 5) is 72.2. The lowest BCUT2D eigenvalue weighted by Crippen LogP contribution is -2.52. The standard InChI is InChI=1S/C44H56N8O6/c1-7-29(8-2)37(49-43(55)57-5)41(53)51-23-11-13-35(51)39-45-26-34(48-39)31-20-17-27(18-21-31)15-16-28-19-22-32-33(25-28)47-40(46-32)36-14-12-24-52(36)42(54)38(30(9-3)10-4)50-44(56)58-6/h17-22,25-26,29-30,35-38H,7-14,23-24H2,1-6H3,(H,45,48)(H,46,47)(H,49,55)(H,50,56)/t35-,36-,37-,38-/m0/s1. The molecular formula is C44H56N8O6. The van der Waals surface area contributed by atoms with Crippen LogP contribution in [0.1, 0.15) is 114 Å². The Morgan fingerprint density at radius 2 is 1.26 bits per heavy atom. The maximum absolute atomic E-state index is 13.9. The summed E-state index contributed by atoms with van der Waals surface area (Å²) in [5.74, 6) is 7.74. The van der Waals surface area contributed by atoms with Crippen LogP contribution in [0, 0.1) is 23.7 Å². The molecule has 0 spiro atoms. The van der Waals surface area contributed by atoms with Crippen molar-refractivity contribution in [1.29, 1.82) is 0 Å². The lowest BCUT2D eigenvalue weighted by molar-refractivity contribution is -0.136. The summed E-state index contributed by atoms with van der Waals surface area (Å²) in [5, 5.41) is 5.58. The number of aromatic amines is 2. The van der Waals surface area contributed by atoms with Gasteiger partial charge in [0.2, 0.25) is 11.8 Å². The molecule has 4 N–H and O–H groups in total. The van der Waals surface area contributed by atoms with Crippen molar-refractivity contribution in [2.24, 2.45) is 11.8 Å². The number of nitrogens with zero attached hydrogens (tertiary/aromatic N) is 4. The fraction of sp³-hybridized carbons (Fsp3) is 0.500. The minimum atomic E-state index is -0.670. The number of carbonyl (C=O) groups excluding carboxylic acids is 4. The van der Waals surface area contributed by atoms with Crippen LogP contribution in [-0.2, 0) is 19.1 Å². The summed E-state index contributed by atoms with van der Waals surface area (Å²) in [6.45, 7) is 9.28. The molecule has 4 aromatic rings. The van der Waals surface area contributed by atoms with Gasteiger partial charge in [-0.1, -0.05) is 77.4 Å². The Bertz CT molecular complexity index is 2130. The highest BCUT2D eigenvalue weighted by Crippen LogP contribution is 2.35.